The lowest BCUT2D eigenvalue weighted by atomic mass is 10.0. The van der Waals surface area contributed by atoms with Crippen molar-refractivity contribution in [2.24, 2.45) is 5.92 Å². The molecule has 1 aliphatic carbocycles. The largest absolute Gasteiger partial charge is 0.338 e. The van der Waals surface area contributed by atoms with Gasteiger partial charge in [0.1, 0.15) is 0 Å². The molecule has 1 amide bonds. The van der Waals surface area contributed by atoms with Crippen LogP contribution in [-0.2, 0) is 4.79 Å². The second-order valence-corrected chi connectivity index (χ2v) is 6.16. The molecule has 1 saturated carbocycles. The SMILES string of the molecule is CNC1CCC(C)CN(C2CCCCCC2)C1=O. The van der Waals surface area contributed by atoms with Gasteiger partial charge in [-0.1, -0.05) is 32.6 Å². The van der Waals surface area contributed by atoms with E-state index < -0.39 is 0 Å². The van der Waals surface area contributed by atoms with Crippen molar-refractivity contribution < 1.29 is 4.79 Å². The fourth-order valence-corrected chi connectivity index (χ4v) is 3.46. The van der Waals surface area contributed by atoms with Crippen molar-refractivity contribution in [3.63, 3.8) is 0 Å². The van der Waals surface area contributed by atoms with Crippen molar-refractivity contribution in [3.8, 4) is 0 Å². The molecule has 3 heteroatoms. The van der Waals surface area contributed by atoms with E-state index >= 15 is 0 Å². The Bertz CT molecular complexity index is 272. The third kappa shape index (κ3) is 3.25. The minimum Gasteiger partial charge on any atom is -0.338 e. The number of hydrogen-bond acceptors (Lipinski definition) is 2. The van der Waals surface area contributed by atoms with E-state index in [2.05, 4.69) is 17.1 Å². The molecule has 3 nitrogen and oxygen atoms in total. The molecule has 1 N–H and O–H groups in total. The van der Waals surface area contributed by atoms with E-state index in [4.69, 9.17) is 0 Å². The molecule has 0 aromatic carbocycles. The highest BCUT2D eigenvalue weighted by Gasteiger charge is 2.32. The maximum atomic E-state index is 12.6. The molecule has 2 aliphatic rings. The first-order valence-electron chi connectivity index (χ1n) is 7.70. The molecule has 1 aliphatic heterocycles. The summed E-state index contributed by atoms with van der Waals surface area (Å²) in [4.78, 5) is 14.8. The number of hydrogen-bond donors (Lipinski definition) is 1. The summed E-state index contributed by atoms with van der Waals surface area (Å²) in [5, 5.41) is 3.21. The lowest BCUT2D eigenvalue weighted by molar-refractivity contribution is -0.135. The molecule has 0 bridgehead atoms. The normalized spacial score (nSPS) is 32.1. The first-order valence-corrected chi connectivity index (χ1v) is 7.70. The Hall–Kier alpha value is -0.570. The predicted octanol–water partition coefficient (Wildman–Crippen LogP) is 2.56. The Labute approximate surface area is 111 Å². The standard InChI is InChI=1S/C15H28N2O/c1-12-9-10-14(16-2)15(18)17(11-12)13-7-5-3-4-6-8-13/h12-14,16H,3-11H2,1-2H3. The molecule has 1 saturated heterocycles. The number of rotatable bonds is 2. The zero-order valence-corrected chi connectivity index (χ0v) is 12.0. The summed E-state index contributed by atoms with van der Waals surface area (Å²) in [7, 11) is 1.92. The van der Waals surface area contributed by atoms with E-state index in [1.165, 1.54) is 44.9 Å². The van der Waals surface area contributed by atoms with Gasteiger partial charge in [0.15, 0.2) is 0 Å². The van der Waals surface area contributed by atoms with Gasteiger partial charge < -0.3 is 10.2 Å². The van der Waals surface area contributed by atoms with Crippen LogP contribution in [0, 0.1) is 5.92 Å². The van der Waals surface area contributed by atoms with Crippen LogP contribution in [0.5, 0.6) is 0 Å². The highest BCUT2D eigenvalue weighted by atomic mass is 16.2. The second-order valence-electron chi connectivity index (χ2n) is 6.16. The number of nitrogens with one attached hydrogen (secondary N) is 1. The lowest BCUT2D eigenvalue weighted by Crippen LogP contribution is -2.49. The van der Waals surface area contributed by atoms with Crippen LogP contribution >= 0.6 is 0 Å². The molecule has 2 atom stereocenters. The number of carbonyl (C=O) groups is 1. The second kappa shape index (κ2) is 6.55. The monoisotopic (exact) mass is 252 g/mol. The van der Waals surface area contributed by atoms with Crippen LogP contribution in [0.4, 0.5) is 0 Å². The average molecular weight is 252 g/mol. The van der Waals surface area contributed by atoms with Gasteiger partial charge in [-0.05, 0) is 38.6 Å². The van der Waals surface area contributed by atoms with Crippen molar-refractivity contribution >= 4 is 5.91 Å². The molecule has 0 aromatic heterocycles. The zero-order chi connectivity index (χ0) is 13.0. The average Bonchev–Trinajstić information content (AvgIpc) is 2.70. The Kier molecular flexibility index (Phi) is 5.04. The van der Waals surface area contributed by atoms with Crippen molar-refractivity contribution in [2.75, 3.05) is 13.6 Å². The number of nitrogens with zero attached hydrogens (tertiary/aromatic N) is 1. The Morgan fingerprint density at radius 1 is 1.06 bits per heavy atom. The van der Waals surface area contributed by atoms with Crippen molar-refractivity contribution in [2.45, 2.75) is 70.4 Å². The van der Waals surface area contributed by atoms with Gasteiger partial charge in [0, 0.05) is 12.6 Å². The molecule has 2 unspecified atom stereocenters. The van der Waals surface area contributed by atoms with Crippen LogP contribution in [0.1, 0.15) is 58.3 Å². The Morgan fingerprint density at radius 3 is 2.33 bits per heavy atom. The summed E-state index contributed by atoms with van der Waals surface area (Å²) in [6.45, 7) is 3.26. The van der Waals surface area contributed by atoms with Gasteiger partial charge in [-0.2, -0.15) is 0 Å². The van der Waals surface area contributed by atoms with E-state index in [0.29, 0.717) is 17.9 Å². The minimum absolute atomic E-state index is 0.0539. The highest BCUT2D eigenvalue weighted by molar-refractivity contribution is 5.82. The number of likely N-dealkylation sites (tertiary alicyclic amines) is 1. The molecule has 104 valence electrons. The molecule has 0 radical (unpaired) electrons. The lowest BCUT2D eigenvalue weighted by Gasteiger charge is -2.33. The van der Waals surface area contributed by atoms with Gasteiger partial charge in [-0.3, -0.25) is 4.79 Å². The maximum Gasteiger partial charge on any atom is 0.239 e. The molecule has 0 spiro atoms. The maximum absolute atomic E-state index is 12.6. The molecule has 0 aromatic rings. The summed E-state index contributed by atoms with van der Waals surface area (Å²) < 4.78 is 0. The van der Waals surface area contributed by atoms with Gasteiger partial charge in [-0.15, -0.1) is 0 Å². The van der Waals surface area contributed by atoms with E-state index in [9.17, 15) is 4.79 Å². The number of amides is 1. The van der Waals surface area contributed by atoms with Gasteiger partial charge >= 0.3 is 0 Å². The van der Waals surface area contributed by atoms with Crippen LogP contribution in [0.25, 0.3) is 0 Å². The predicted molar refractivity (Wildman–Crippen MR) is 74.4 cm³/mol. The third-order valence-electron chi connectivity index (χ3n) is 4.65. The van der Waals surface area contributed by atoms with Crippen LogP contribution in [-0.4, -0.2) is 36.5 Å². The molecular formula is C15H28N2O. The van der Waals surface area contributed by atoms with Crippen molar-refractivity contribution in [1.29, 1.82) is 0 Å². The highest BCUT2D eigenvalue weighted by Crippen LogP contribution is 2.26. The van der Waals surface area contributed by atoms with Crippen LogP contribution in [0.15, 0.2) is 0 Å². The molecular weight excluding hydrogens is 224 g/mol. The van der Waals surface area contributed by atoms with Gasteiger partial charge in [0.25, 0.3) is 0 Å². The summed E-state index contributed by atoms with van der Waals surface area (Å²) in [6.07, 6.45) is 9.90. The summed E-state index contributed by atoms with van der Waals surface area (Å²) in [5.41, 5.74) is 0. The van der Waals surface area contributed by atoms with Crippen molar-refractivity contribution in [3.05, 3.63) is 0 Å². The van der Waals surface area contributed by atoms with Crippen LogP contribution in [0.3, 0.4) is 0 Å². The number of carbonyl (C=O) groups excluding carboxylic acids is 1. The first-order chi connectivity index (χ1) is 8.72. The Morgan fingerprint density at radius 2 is 1.72 bits per heavy atom. The van der Waals surface area contributed by atoms with E-state index in [0.717, 1.165) is 13.0 Å². The first kappa shape index (κ1) is 13.9. The van der Waals surface area contributed by atoms with Crippen LogP contribution < -0.4 is 5.32 Å². The van der Waals surface area contributed by atoms with E-state index in [-0.39, 0.29) is 6.04 Å². The van der Waals surface area contributed by atoms with Gasteiger partial charge in [0.05, 0.1) is 6.04 Å². The van der Waals surface area contributed by atoms with E-state index in [1.54, 1.807) is 0 Å². The molecule has 2 fully saturated rings. The van der Waals surface area contributed by atoms with Gasteiger partial charge in [-0.25, -0.2) is 0 Å². The van der Waals surface area contributed by atoms with E-state index in [1.807, 2.05) is 7.05 Å². The quantitative estimate of drug-likeness (QED) is 0.766. The fraction of sp³-hybridized carbons (Fsp3) is 0.933. The minimum atomic E-state index is 0.0539. The summed E-state index contributed by atoms with van der Waals surface area (Å²) in [6, 6.07) is 0.564. The topological polar surface area (TPSA) is 32.3 Å². The zero-order valence-electron chi connectivity index (χ0n) is 12.0. The third-order valence-corrected chi connectivity index (χ3v) is 4.65. The molecule has 18 heavy (non-hydrogen) atoms. The smallest absolute Gasteiger partial charge is 0.239 e. The van der Waals surface area contributed by atoms with Gasteiger partial charge in [0.2, 0.25) is 5.91 Å². The van der Waals surface area contributed by atoms with Crippen LogP contribution in [0.2, 0.25) is 0 Å². The Balaban J connectivity index is 2.08. The summed E-state index contributed by atoms with van der Waals surface area (Å²) in [5.74, 6) is 1.00. The van der Waals surface area contributed by atoms with Crippen molar-refractivity contribution in [1.82, 2.24) is 10.2 Å². The molecule has 1 heterocycles. The fourth-order valence-electron chi connectivity index (χ4n) is 3.46. The number of likely N-dealkylation sites (N-methyl/N-ethyl adjacent to an activating group) is 1. The molecule has 2 rings (SSSR count). The summed E-state index contributed by atoms with van der Waals surface area (Å²) >= 11 is 0.